The first kappa shape index (κ1) is 15.5. The third kappa shape index (κ3) is 4.87. The molecule has 112 valence electrons. The Labute approximate surface area is 126 Å². The summed E-state index contributed by atoms with van der Waals surface area (Å²) in [6.07, 6.45) is 4.74. The standard InChI is InChI=1S/C18H23NO2/c1-3-14-4-8-16(19-13-14)12-17(20)9-5-15-6-10-18(21-2)11-7-15/h4,6-8,10-11,13,17,20H,3,5,9,12H2,1-2H3. The second-order valence-electron chi connectivity index (χ2n) is 5.26. The van der Waals surface area contributed by atoms with Gasteiger partial charge in [-0.1, -0.05) is 25.1 Å². The molecule has 1 aromatic carbocycles. The van der Waals surface area contributed by atoms with E-state index >= 15 is 0 Å². The van der Waals surface area contributed by atoms with Gasteiger partial charge in [-0.25, -0.2) is 0 Å². The fourth-order valence-corrected chi connectivity index (χ4v) is 2.25. The van der Waals surface area contributed by atoms with Crippen molar-refractivity contribution < 1.29 is 9.84 Å². The average Bonchev–Trinajstić information content (AvgIpc) is 2.54. The second kappa shape index (κ2) is 7.79. The molecule has 0 aliphatic carbocycles. The normalized spacial score (nSPS) is 12.1. The van der Waals surface area contributed by atoms with Gasteiger partial charge in [0.05, 0.1) is 13.2 Å². The van der Waals surface area contributed by atoms with Crippen LogP contribution in [0, 0.1) is 0 Å². The molecule has 0 amide bonds. The van der Waals surface area contributed by atoms with Gasteiger partial charge in [-0.2, -0.15) is 0 Å². The predicted octanol–water partition coefficient (Wildman–Crippen LogP) is 3.19. The molecule has 1 atom stereocenters. The molecular formula is C18H23NO2. The summed E-state index contributed by atoms with van der Waals surface area (Å²) in [5.41, 5.74) is 3.39. The van der Waals surface area contributed by atoms with E-state index < -0.39 is 0 Å². The number of pyridine rings is 1. The third-order valence-corrected chi connectivity index (χ3v) is 3.66. The van der Waals surface area contributed by atoms with Gasteiger partial charge in [0.1, 0.15) is 5.75 Å². The number of rotatable bonds is 7. The van der Waals surface area contributed by atoms with E-state index in [4.69, 9.17) is 4.74 Å². The molecule has 2 aromatic rings. The monoisotopic (exact) mass is 285 g/mol. The fourth-order valence-electron chi connectivity index (χ4n) is 2.25. The number of methoxy groups -OCH3 is 1. The Morgan fingerprint density at radius 2 is 1.81 bits per heavy atom. The van der Waals surface area contributed by atoms with Crippen LogP contribution < -0.4 is 4.74 Å². The van der Waals surface area contributed by atoms with Crippen LogP contribution in [0.3, 0.4) is 0 Å². The van der Waals surface area contributed by atoms with E-state index in [1.807, 2.05) is 36.5 Å². The molecule has 1 aromatic heterocycles. The zero-order valence-electron chi connectivity index (χ0n) is 12.7. The van der Waals surface area contributed by atoms with Crippen LogP contribution in [0.4, 0.5) is 0 Å². The number of aryl methyl sites for hydroxylation is 2. The number of ether oxygens (including phenoxy) is 1. The maximum absolute atomic E-state index is 10.1. The van der Waals surface area contributed by atoms with Crippen molar-refractivity contribution >= 4 is 0 Å². The molecule has 21 heavy (non-hydrogen) atoms. The highest BCUT2D eigenvalue weighted by Crippen LogP contribution is 2.14. The molecule has 0 bridgehead atoms. The van der Waals surface area contributed by atoms with Crippen molar-refractivity contribution in [3.8, 4) is 5.75 Å². The first-order valence-electron chi connectivity index (χ1n) is 7.46. The molecule has 0 saturated heterocycles. The number of aliphatic hydroxyl groups excluding tert-OH is 1. The number of aliphatic hydroxyl groups is 1. The zero-order chi connectivity index (χ0) is 15.1. The minimum atomic E-state index is -0.355. The van der Waals surface area contributed by atoms with Gasteiger partial charge in [-0.15, -0.1) is 0 Å². The summed E-state index contributed by atoms with van der Waals surface area (Å²) in [4.78, 5) is 4.39. The van der Waals surface area contributed by atoms with Crippen LogP contribution in [0.15, 0.2) is 42.6 Å². The Morgan fingerprint density at radius 3 is 2.38 bits per heavy atom. The Morgan fingerprint density at radius 1 is 1.10 bits per heavy atom. The third-order valence-electron chi connectivity index (χ3n) is 3.66. The lowest BCUT2D eigenvalue weighted by molar-refractivity contribution is 0.164. The molecular weight excluding hydrogens is 262 g/mol. The van der Waals surface area contributed by atoms with E-state index in [-0.39, 0.29) is 6.10 Å². The molecule has 0 spiro atoms. The minimum Gasteiger partial charge on any atom is -0.497 e. The quantitative estimate of drug-likeness (QED) is 0.849. The van der Waals surface area contributed by atoms with Crippen LogP contribution in [0.2, 0.25) is 0 Å². The molecule has 0 radical (unpaired) electrons. The molecule has 0 fully saturated rings. The van der Waals surface area contributed by atoms with E-state index in [9.17, 15) is 5.11 Å². The van der Waals surface area contributed by atoms with Gasteiger partial charge in [0.25, 0.3) is 0 Å². The summed E-state index contributed by atoms with van der Waals surface area (Å²) in [5, 5.41) is 10.1. The zero-order valence-corrected chi connectivity index (χ0v) is 12.7. The Balaban J connectivity index is 1.81. The molecule has 0 aliphatic rings. The highest BCUT2D eigenvalue weighted by Gasteiger charge is 2.07. The van der Waals surface area contributed by atoms with Crippen molar-refractivity contribution in [1.29, 1.82) is 0 Å². The largest absolute Gasteiger partial charge is 0.497 e. The minimum absolute atomic E-state index is 0.355. The number of benzene rings is 1. The van der Waals surface area contributed by atoms with Gasteiger partial charge in [0.2, 0.25) is 0 Å². The topological polar surface area (TPSA) is 42.4 Å². The van der Waals surface area contributed by atoms with Gasteiger partial charge in [0.15, 0.2) is 0 Å². The van der Waals surface area contributed by atoms with Crippen LogP contribution in [-0.2, 0) is 19.3 Å². The highest BCUT2D eigenvalue weighted by atomic mass is 16.5. The number of hydrogen-bond acceptors (Lipinski definition) is 3. The van der Waals surface area contributed by atoms with Gasteiger partial charge >= 0.3 is 0 Å². The Kier molecular flexibility index (Phi) is 5.76. The van der Waals surface area contributed by atoms with Crippen molar-refractivity contribution in [2.45, 2.75) is 38.7 Å². The molecule has 3 heteroatoms. The van der Waals surface area contributed by atoms with Crippen molar-refractivity contribution in [2.24, 2.45) is 0 Å². The first-order valence-corrected chi connectivity index (χ1v) is 7.46. The predicted molar refractivity (Wildman–Crippen MR) is 84.6 cm³/mol. The van der Waals surface area contributed by atoms with Crippen LogP contribution in [-0.4, -0.2) is 23.3 Å². The van der Waals surface area contributed by atoms with Crippen molar-refractivity contribution in [1.82, 2.24) is 4.98 Å². The average molecular weight is 285 g/mol. The van der Waals surface area contributed by atoms with Crippen LogP contribution in [0.5, 0.6) is 5.75 Å². The molecule has 1 heterocycles. The molecule has 1 unspecified atom stereocenters. The van der Waals surface area contributed by atoms with E-state index in [1.165, 1.54) is 11.1 Å². The summed E-state index contributed by atoms with van der Waals surface area (Å²) in [6, 6.07) is 12.1. The number of nitrogens with zero attached hydrogens (tertiary/aromatic N) is 1. The molecule has 2 rings (SSSR count). The van der Waals surface area contributed by atoms with Gasteiger partial charge in [-0.3, -0.25) is 4.98 Å². The fraction of sp³-hybridized carbons (Fsp3) is 0.389. The van der Waals surface area contributed by atoms with Gasteiger partial charge in [0, 0.05) is 18.3 Å². The second-order valence-corrected chi connectivity index (χ2v) is 5.26. The van der Waals surface area contributed by atoms with Gasteiger partial charge < -0.3 is 9.84 Å². The lowest BCUT2D eigenvalue weighted by Crippen LogP contribution is -2.12. The van der Waals surface area contributed by atoms with Crippen LogP contribution in [0.1, 0.15) is 30.2 Å². The summed E-state index contributed by atoms with van der Waals surface area (Å²) >= 11 is 0. The molecule has 0 saturated carbocycles. The summed E-state index contributed by atoms with van der Waals surface area (Å²) in [6.45, 7) is 2.11. The summed E-state index contributed by atoms with van der Waals surface area (Å²) < 4.78 is 5.13. The lowest BCUT2D eigenvalue weighted by Gasteiger charge is -2.10. The van der Waals surface area contributed by atoms with Crippen molar-refractivity contribution in [2.75, 3.05) is 7.11 Å². The molecule has 0 aliphatic heterocycles. The maximum atomic E-state index is 10.1. The maximum Gasteiger partial charge on any atom is 0.118 e. The van der Waals surface area contributed by atoms with Crippen LogP contribution >= 0.6 is 0 Å². The summed E-state index contributed by atoms with van der Waals surface area (Å²) in [5.74, 6) is 0.861. The first-order chi connectivity index (χ1) is 10.2. The molecule has 1 N–H and O–H groups in total. The van der Waals surface area contributed by atoms with Crippen molar-refractivity contribution in [3.05, 3.63) is 59.4 Å². The van der Waals surface area contributed by atoms with E-state index in [2.05, 4.69) is 18.0 Å². The number of aromatic nitrogens is 1. The smallest absolute Gasteiger partial charge is 0.118 e. The number of hydrogen-bond donors (Lipinski definition) is 1. The van der Waals surface area contributed by atoms with Crippen LogP contribution in [0.25, 0.3) is 0 Å². The Hall–Kier alpha value is -1.87. The summed E-state index contributed by atoms with van der Waals surface area (Å²) in [7, 11) is 1.66. The van der Waals surface area contributed by atoms with E-state index in [1.54, 1.807) is 7.11 Å². The van der Waals surface area contributed by atoms with E-state index in [0.29, 0.717) is 6.42 Å². The van der Waals surface area contributed by atoms with E-state index in [0.717, 1.165) is 30.7 Å². The SMILES string of the molecule is CCc1ccc(CC(O)CCc2ccc(OC)cc2)nc1. The van der Waals surface area contributed by atoms with Gasteiger partial charge in [-0.05, 0) is 48.6 Å². The highest BCUT2D eigenvalue weighted by molar-refractivity contribution is 5.27. The van der Waals surface area contributed by atoms with Crippen molar-refractivity contribution in [3.63, 3.8) is 0 Å². The molecule has 3 nitrogen and oxygen atoms in total. The Bertz CT molecular complexity index is 534. The lowest BCUT2D eigenvalue weighted by atomic mass is 10.0.